The summed E-state index contributed by atoms with van der Waals surface area (Å²) < 4.78 is 13.4. The molecule has 2 aromatic carbocycles. The van der Waals surface area contributed by atoms with Gasteiger partial charge in [-0.25, -0.2) is 4.39 Å². The Kier molecular flexibility index (Phi) is 3.51. The van der Waals surface area contributed by atoms with E-state index in [1.807, 2.05) is 4.90 Å². The van der Waals surface area contributed by atoms with Crippen LogP contribution in [0.3, 0.4) is 0 Å². The molecule has 0 atom stereocenters. The third kappa shape index (κ3) is 2.45. The molecule has 21 heavy (non-hydrogen) atoms. The minimum absolute atomic E-state index is 0.00686. The molecule has 0 saturated heterocycles. The van der Waals surface area contributed by atoms with E-state index in [0.29, 0.717) is 5.56 Å². The number of anilines is 2. The molecule has 0 radical (unpaired) electrons. The molecule has 1 aliphatic heterocycles. The van der Waals surface area contributed by atoms with E-state index in [2.05, 4.69) is 0 Å². The second kappa shape index (κ2) is 5.33. The van der Waals surface area contributed by atoms with E-state index in [9.17, 15) is 14.5 Å². The Bertz CT molecular complexity index is 721. The van der Waals surface area contributed by atoms with Crippen LogP contribution in [0, 0.1) is 15.9 Å². The summed E-state index contributed by atoms with van der Waals surface area (Å²) in [6, 6.07) is 9.54. The van der Waals surface area contributed by atoms with Gasteiger partial charge < -0.3 is 4.90 Å². The maximum Gasteiger partial charge on any atom is 0.273 e. The van der Waals surface area contributed by atoms with Gasteiger partial charge >= 0.3 is 0 Å². The highest BCUT2D eigenvalue weighted by atomic mass is 35.5. The summed E-state index contributed by atoms with van der Waals surface area (Å²) in [5, 5.41) is 10.9. The molecule has 0 saturated carbocycles. The molecule has 6 heteroatoms. The first-order chi connectivity index (χ1) is 10.1. The normalized spacial score (nSPS) is 13.3. The Balaban J connectivity index is 2.03. The number of hydrogen-bond acceptors (Lipinski definition) is 3. The molecule has 0 aromatic heterocycles. The van der Waals surface area contributed by atoms with Crippen molar-refractivity contribution in [2.75, 3.05) is 11.4 Å². The van der Waals surface area contributed by atoms with Gasteiger partial charge in [0.1, 0.15) is 5.82 Å². The monoisotopic (exact) mass is 306 g/mol. The summed E-state index contributed by atoms with van der Waals surface area (Å²) >= 11 is 5.80. The van der Waals surface area contributed by atoms with Crippen LogP contribution in [0.1, 0.15) is 11.1 Å². The van der Waals surface area contributed by atoms with Crippen LogP contribution in [-0.2, 0) is 12.3 Å². The van der Waals surface area contributed by atoms with Gasteiger partial charge in [0.15, 0.2) is 0 Å². The van der Waals surface area contributed by atoms with Gasteiger partial charge in [-0.1, -0.05) is 6.07 Å². The molecule has 1 aliphatic rings. The number of nitro benzene ring substituents is 1. The van der Waals surface area contributed by atoms with Crippen molar-refractivity contribution < 1.29 is 9.31 Å². The topological polar surface area (TPSA) is 46.4 Å². The second-order valence-electron chi connectivity index (χ2n) is 4.88. The Morgan fingerprint density at radius 1 is 1.29 bits per heavy atom. The molecule has 108 valence electrons. The van der Waals surface area contributed by atoms with E-state index >= 15 is 0 Å². The van der Waals surface area contributed by atoms with E-state index in [-0.39, 0.29) is 17.4 Å². The lowest BCUT2D eigenvalue weighted by Gasteiger charge is -2.20. The van der Waals surface area contributed by atoms with Gasteiger partial charge in [-0.05, 0) is 36.2 Å². The minimum atomic E-state index is -0.445. The number of rotatable bonds is 3. The molecule has 0 bridgehead atoms. The summed E-state index contributed by atoms with van der Waals surface area (Å²) in [5.74, 6) is -0.228. The lowest BCUT2D eigenvalue weighted by molar-refractivity contribution is -0.385. The fraction of sp³-hybridized carbons (Fsp3) is 0.200. The lowest BCUT2D eigenvalue weighted by atomic mass is 10.1. The van der Waals surface area contributed by atoms with Crippen molar-refractivity contribution in [1.29, 1.82) is 0 Å². The van der Waals surface area contributed by atoms with Crippen molar-refractivity contribution in [3.63, 3.8) is 0 Å². The number of halogens is 2. The van der Waals surface area contributed by atoms with Crippen molar-refractivity contribution in [3.8, 4) is 0 Å². The third-order valence-corrected chi connectivity index (χ3v) is 3.95. The van der Waals surface area contributed by atoms with Crippen LogP contribution < -0.4 is 4.90 Å². The van der Waals surface area contributed by atoms with E-state index in [1.54, 1.807) is 18.2 Å². The number of benzene rings is 2. The molecular formula is C15H12ClFN2O2. The predicted molar refractivity (Wildman–Crippen MR) is 79.8 cm³/mol. The fourth-order valence-corrected chi connectivity index (χ4v) is 2.86. The van der Waals surface area contributed by atoms with Gasteiger partial charge in [0.05, 0.1) is 10.8 Å². The average Bonchev–Trinajstić information content (AvgIpc) is 2.89. The SMILES string of the molecule is O=[N+]([O-])c1ccc(N2CCc3ccc(F)cc32)cc1CCl. The van der Waals surface area contributed by atoms with Crippen LogP contribution in [0.5, 0.6) is 0 Å². The van der Waals surface area contributed by atoms with Crippen LogP contribution >= 0.6 is 11.6 Å². The smallest absolute Gasteiger partial charge is 0.273 e. The summed E-state index contributed by atoms with van der Waals surface area (Å²) in [6.45, 7) is 0.721. The largest absolute Gasteiger partial charge is 0.341 e. The molecule has 3 rings (SSSR count). The molecule has 2 aromatic rings. The highest BCUT2D eigenvalue weighted by molar-refractivity contribution is 6.17. The summed E-state index contributed by atoms with van der Waals surface area (Å²) in [4.78, 5) is 12.5. The van der Waals surface area contributed by atoms with Crippen molar-refractivity contribution in [2.45, 2.75) is 12.3 Å². The van der Waals surface area contributed by atoms with Crippen molar-refractivity contribution in [1.82, 2.24) is 0 Å². The van der Waals surface area contributed by atoms with Gasteiger partial charge in [-0.2, -0.15) is 0 Å². The molecule has 0 fully saturated rings. The van der Waals surface area contributed by atoms with Gasteiger partial charge in [0.25, 0.3) is 5.69 Å². The summed E-state index contributed by atoms with van der Waals surface area (Å²) in [7, 11) is 0. The van der Waals surface area contributed by atoms with Crippen LogP contribution in [-0.4, -0.2) is 11.5 Å². The number of alkyl halides is 1. The van der Waals surface area contributed by atoms with Crippen molar-refractivity contribution >= 4 is 28.7 Å². The minimum Gasteiger partial charge on any atom is -0.341 e. The maximum atomic E-state index is 13.4. The number of fused-ring (bicyclic) bond motifs is 1. The van der Waals surface area contributed by atoms with Gasteiger partial charge in [0.2, 0.25) is 0 Å². The van der Waals surface area contributed by atoms with E-state index in [4.69, 9.17) is 11.6 Å². The Morgan fingerprint density at radius 2 is 2.10 bits per heavy atom. The maximum absolute atomic E-state index is 13.4. The van der Waals surface area contributed by atoms with Gasteiger partial charge in [-0.3, -0.25) is 10.1 Å². The molecule has 1 heterocycles. The van der Waals surface area contributed by atoms with Crippen molar-refractivity contribution in [3.05, 3.63) is 63.5 Å². The van der Waals surface area contributed by atoms with E-state index < -0.39 is 4.92 Å². The lowest BCUT2D eigenvalue weighted by Crippen LogP contribution is -2.13. The summed E-state index contributed by atoms with van der Waals surface area (Å²) in [6.07, 6.45) is 0.822. The zero-order valence-corrected chi connectivity index (χ0v) is 11.8. The highest BCUT2D eigenvalue weighted by Gasteiger charge is 2.23. The molecule has 0 amide bonds. The van der Waals surface area contributed by atoms with Crippen LogP contribution in [0.25, 0.3) is 0 Å². The number of nitro groups is 1. The fourth-order valence-electron chi connectivity index (χ4n) is 2.65. The zero-order chi connectivity index (χ0) is 15.0. The van der Waals surface area contributed by atoms with Crippen LogP contribution in [0.15, 0.2) is 36.4 Å². The quantitative estimate of drug-likeness (QED) is 0.486. The first-order valence-corrected chi connectivity index (χ1v) is 7.03. The Morgan fingerprint density at radius 3 is 2.81 bits per heavy atom. The first kappa shape index (κ1) is 13.8. The Labute approximate surface area is 125 Å². The van der Waals surface area contributed by atoms with E-state index in [0.717, 1.165) is 29.9 Å². The number of hydrogen-bond donors (Lipinski definition) is 0. The predicted octanol–water partition coefficient (Wildman–Crippen LogP) is 4.17. The third-order valence-electron chi connectivity index (χ3n) is 3.66. The molecular weight excluding hydrogens is 295 g/mol. The standard InChI is InChI=1S/C15H12ClFN2O2/c16-9-11-7-13(3-4-14(11)19(20)21)18-6-5-10-1-2-12(17)8-15(10)18/h1-4,7-8H,5-6,9H2. The summed E-state index contributed by atoms with van der Waals surface area (Å²) in [5.41, 5.74) is 3.14. The van der Waals surface area contributed by atoms with Gasteiger partial charge in [0, 0.05) is 29.5 Å². The molecule has 0 aliphatic carbocycles. The molecule has 4 nitrogen and oxygen atoms in total. The molecule has 0 N–H and O–H groups in total. The zero-order valence-electron chi connectivity index (χ0n) is 11.1. The first-order valence-electron chi connectivity index (χ1n) is 6.49. The Hall–Kier alpha value is -2.14. The average molecular weight is 307 g/mol. The van der Waals surface area contributed by atoms with Crippen molar-refractivity contribution in [2.24, 2.45) is 0 Å². The number of nitrogens with zero attached hydrogens (tertiary/aromatic N) is 2. The second-order valence-corrected chi connectivity index (χ2v) is 5.15. The molecule has 0 unspecified atom stereocenters. The van der Waals surface area contributed by atoms with Crippen LogP contribution in [0.2, 0.25) is 0 Å². The molecule has 0 spiro atoms. The van der Waals surface area contributed by atoms with Gasteiger partial charge in [-0.15, -0.1) is 11.6 Å². The van der Waals surface area contributed by atoms with Crippen LogP contribution in [0.4, 0.5) is 21.5 Å². The van der Waals surface area contributed by atoms with E-state index in [1.165, 1.54) is 18.2 Å². The highest BCUT2D eigenvalue weighted by Crippen LogP contribution is 2.37.